The van der Waals surface area contributed by atoms with E-state index in [0.717, 1.165) is 17.1 Å². The van der Waals surface area contributed by atoms with Crippen molar-refractivity contribution in [1.29, 1.82) is 0 Å². The summed E-state index contributed by atoms with van der Waals surface area (Å²) in [7, 11) is 5.22. The Labute approximate surface area is 130 Å². The Morgan fingerprint density at radius 2 is 2.00 bits per heavy atom. The Bertz CT molecular complexity index is 628. The second-order valence-corrected chi connectivity index (χ2v) is 4.93. The fourth-order valence-electron chi connectivity index (χ4n) is 2.08. The first-order valence-electron chi connectivity index (χ1n) is 6.96. The number of carbonyl (C=O) groups is 1. The van der Waals surface area contributed by atoms with Crippen LogP contribution >= 0.6 is 0 Å². The second-order valence-electron chi connectivity index (χ2n) is 4.93. The molecule has 0 fully saturated rings. The maximum absolute atomic E-state index is 11.5. The van der Waals surface area contributed by atoms with Crippen molar-refractivity contribution in [2.24, 2.45) is 0 Å². The number of nitrogens with zero attached hydrogens (tertiary/aromatic N) is 3. The fourth-order valence-corrected chi connectivity index (χ4v) is 2.08. The van der Waals surface area contributed by atoms with Gasteiger partial charge in [0.1, 0.15) is 12.1 Å². The number of carbonyl (C=O) groups excluding carboxylic acids is 1. The molecular formula is C16H20N4O2. The average molecular weight is 300 g/mol. The minimum Gasteiger partial charge on any atom is -0.378 e. The van der Waals surface area contributed by atoms with Crippen LogP contribution in [0.3, 0.4) is 0 Å². The maximum Gasteiger partial charge on any atom is 0.251 e. The largest absolute Gasteiger partial charge is 0.378 e. The topological polar surface area (TPSA) is 67.4 Å². The molecule has 0 atom stereocenters. The van der Waals surface area contributed by atoms with Crippen LogP contribution in [0.5, 0.6) is 0 Å². The second kappa shape index (κ2) is 7.51. The van der Waals surface area contributed by atoms with Crippen LogP contribution in [-0.2, 0) is 17.9 Å². The molecule has 1 aromatic heterocycles. The Kier molecular flexibility index (Phi) is 5.43. The van der Waals surface area contributed by atoms with E-state index in [4.69, 9.17) is 4.74 Å². The Hall–Kier alpha value is -2.47. The van der Waals surface area contributed by atoms with Crippen molar-refractivity contribution in [3.63, 3.8) is 0 Å². The van der Waals surface area contributed by atoms with Gasteiger partial charge >= 0.3 is 0 Å². The zero-order valence-corrected chi connectivity index (χ0v) is 13.0. The van der Waals surface area contributed by atoms with Gasteiger partial charge in [-0.1, -0.05) is 12.1 Å². The predicted molar refractivity (Wildman–Crippen MR) is 84.7 cm³/mol. The SMILES string of the molecule is CNC(=O)c1ccc(CN(C)c2cc(COC)ncn2)cc1. The van der Waals surface area contributed by atoms with Gasteiger partial charge in [0.15, 0.2) is 0 Å². The lowest BCUT2D eigenvalue weighted by Crippen LogP contribution is -2.19. The number of rotatable bonds is 6. The smallest absolute Gasteiger partial charge is 0.251 e. The summed E-state index contributed by atoms with van der Waals surface area (Å²) in [5.41, 5.74) is 2.59. The molecule has 2 aromatic rings. The number of ether oxygens (including phenoxy) is 1. The molecule has 0 aliphatic carbocycles. The lowest BCUT2D eigenvalue weighted by Gasteiger charge is -2.18. The van der Waals surface area contributed by atoms with E-state index >= 15 is 0 Å². The molecule has 0 aliphatic rings. The van der Waals surface area contributed by atoms with E-state index < -0.39 is 0 Å². The summed E-state index contributed by atoms with van der Waals surface area (Å²) in [6.07, 6.45) is 1.54. The van der Waals surface area contributed by atoms with Crippen LogP contribution in [0.2, 0.25) is 0 Å². The van der Waals surface area contributed by atoms with Gasteiger partial charge < -0.3 is 15.0 Å². The molecular weight excluding hydrogens is 280 g/mol. The van der Waals surface area contributed by atoms with Crippen molar-refractivity contribution in [3.8, 4) is 0 Å². The van der Waals surface area contributed by atoms with Crippen LogP contribution in [0, 0.1) is 0 Å². The van der Waals surface area contributed by atoms with E-state index in [1.807, 2.05) is 42.3 Å². The minimum absolute atomic E-state index is 0.0834. The number of benzene rings is 1. The maximum atomic E-state index is 11.5. The zero-order valence-electron chi connectivity index (χ0n) is 13.0. The lowest BCUT2D eigenvalue weighted by molar-refractivity contribution is 0.0963. The van der Waals surface area contributed by atoms with Crippen LogP contribution in [0.25, 0.3) is 0 Å². The van der Waals surface area contributed by atoms with Gasteiger partial charge in [0, 0.05) is 39.4 Å². The molecule has 116 valence electrons. The molecule has 6 nitrogen and oxygen atoms in total. The molecule has 1 heterocycles. The Morgan fingerprint density at radius 3 is 2.64 bits per heavy atom. The van der Waals surface area contributed by atoms with Gasteiger partial charge in [-0.05, 0) is 17.7 Å². The van der Waals surface area contributed by atoms with Gasteiger partial charge in [-0.3, -0.25) is 4.79 Å². The summed E-state index contributed by atoms with van der Waals surface area (Å²) in [5.74, 6) is 0.748. The number of anilines is 1. The molecule has 0 radical (unpaired) electrons. The van der Waals surface area contributed by atoms with Gasteiger partial charge in [-0.2, -0.15) is 0 Å². The van der Waals surface area contributed by atoms with Crippen molar-refractivity contribution in [2.45, 2.75) is 13.2 Å². The number of hydrogen-bond donors (Lipinski definition) is 1. The van der Waals surface area contributed by atoms with E-state index in [1.165, 1.54) is 6.33 Å². The molecule has 0 unspecified atom stereocenters. The summed E-state index contributed by atoms with van der Waals surface area (Å²) in [6.45, 7) is 1.15. The number of aromatic nitrogens is 2. The molecule has 1 aromatic carbocycles. The first-order valence-corrected chi connectivity index (χ1v) is 6.96. The highest BCUT2D eigenvalue weighted by molar-refractivity contribution is 5.93. The van der Waals surface area contributed by atoms with Crippen molar-refractivity contribution in [1.82, 2.24) is 15.3 Å². The van der Waals surface area contributed by atoms with Crippen LogP contribution in [-0.4, -0.2) is 37.1 Å². The third-order valence-corrected chi connectivity index (χ3v) is 3.26. The highest BCUT2D eigenvalue weighted by Crippen LogP contribution is 2.14. The molecule has 22 heavy (non-hydrogen) atoms. The minimum atomic E-state index is -0.0834. The van der Waals surface area contributed by atoms with E-state index in [-0.39, 0.29) is 5.91 Å². The molecule has 0 spiro atoms. The third-order valence-electron chi connectivity index (χ3n) is 3.26. The summed E-state index contributed by atoms with van der Waals surface area (Å²) in [5, 5.41) is 2.61. The molecule has 0 bridgehead atoms. The molecule has 1 amide bonds. The van der Waals surface area contributed by atoms with Crippen molar-refractivity contribution in [3.05, 3.63) is 53.5 Å². The highest BCUT2D eigenvalue weighted by Gasteiger charge is 2.07. The van der Waals surface area contributed by atoms with Crippen molar-refractivity contribution in [2.75, 3.05) is 26.1 Å². The van der Waals surface area contributed by atoms with Crippen LogP contribution in [0.4, 0.5) is 5.82 Å². The monoisotopic (exact) mass is 300 g/mol. The Morgan fingerprint density at radius 1 is 1.27 bits per heavy atom. The molecule has 6 heteroatoms. The van der Waals surface area contributed by atoms with Crippen LogP contribution in [0.1, 0.15) is 21.6 Å². The molecule has 0 saturated carbocycles. The van der Waals surface area contributed by atoms with E-state index in [1.54, 1.807) is 14.2 Å². The molecule has 2 rings (SSSR count). The number of methoxy groups -OCH3 is 1. The van der Waals surface area contributed by atoms with Crippen LogP contribution in [0.15, 0.2) is 36.7 Å². The standard InChI is InChI=1S/C16H20N4O2/c1-17-16(21)13-6-4-12(5-7-13)9-20(2)15-8-14(10-22-3)18-11-19-15/h4-8,11H,9-10H2,1-3H3,(H,17,21). The number of nitrogens with one attached hydrogen (secondary N) is 1. The third kappa shape index (κ3) is 4.02. The zero-order chi connectivity index (χ0) is 15.9. The van der Waals surface area contributed by atoms with Gasteiger partial charge in [-0.15, -0.1) is 0 Å². The summed E-state index contributed by atoms with van der Waals surface area (Å²) >= 11 is 0. The van der Waals surface area contributed by atoms with Gasteiger partial charge in [0.2, 0.25) is 0 Å². The molecule has 0 aliphatic heterocycles. The van der Waals surface area contributed by atoms with Crippen LogP contribution < -0.4 is 10.2 Å². The van der Waals surface area contributed by atoms with Gasteiger partial charge in [0.05, 0.1) is 12.3 Å². The van der Waals surface area contributed by atoms with E-state index in [9.17, 15) is 4.79 Å². The fraction of sp³-hybridized carbons (Fsp3) is 0.312. The first kappa shape index (κ1) is 15.9. The predicted octanol–water partition coefficient (Wildman–Crippen LogP) is 1.62. The normalized spacial score (nSPS) is 10.3. The van der Waals surface area contributed by atoms with Gasteiger partial charge in [-0.25, -0.2) is 9.97 Å². The van der Waals surface area contributed by atoms with Crippen molar-refractivity contribution >= 4 is 11.7 Å². The molecule has 0 saturated heterocycles. The first-order chi connectivity index (χ1) is 10.6. The number of hydrogen-bond acceptors (Lipinski definition) is 5. The lowest BCUT2D eigenvalue weighted by atomic mass is 10.1. The molecule has 1 N–H and O–H groups in total. The summed E-state index contributed by atoms with van der Waals surface area (Å²) in [4.78, 5) is 22.0. The summed E-state index contributed by atoms with van der Waals surface area (Å²) < 4.78 is 5.08. The van der Waals surface area contributed by atoms with E-state index in [0.29, 0.717) is 18.7 Å². The average Bonchev–Trinajstić information content (AvgIpc) is 2.55. The highest BCUT2D eigenvalue weighted by atomic mass is 16.5. The quantitative estimate of drug-likeness (QED) is 0.878. The van der Waals surface area contributed by atoms with Crippen molar-refractivity contribution < 1.29 is 9.53 Å². The summed E-state index contributed by atoms with van der Waals surface area (Å²) in [6, 6.07) is 9.43. The van der Waals surface area contributed by atoms with E-state index in [2.05, 4.69) is 15.3 Å². The van der Waals surface area contributed by atoms with Gasteiger partial charge in [0.25, 0.3) is 5.91 Å². The number of amides is 1. The Balaban J connectivity index is 2.06.